The zero-order valence-electron chi connectivity index (χ0n) is 26.5. The van der Waals surface area contributed by atoms with Crippen molar-refractivity contribution in [3.05, 3.63) is 75.2 Å². The lowest BCUT2D eigenvalue weighted by Crippen LogP contribution is -2.43. The second-order valence-corrected chi connectivity index (χ2v) is 12.9. The first-order valence-corrected chi connectivity index (χ1v) is 15.4. The number of aliphatic hydroxyl groups is 1. The number of nitrogens with one attached hydrogen (secondary N) is 1. The topological polar surface area (TPSA) is 143 Å². The number of aliphatic hydroxyl groups excluding tert-OH is 1. The monoisotopic (exact) mass is 614 g/mol. The van der Waals surface area contributed by atoms with Gasteiger partial charge in [0.05, 0.1) is 13.2 Å². The number of hydrogen-bond acceptors (Lipinski definition) is 8. The number of piperazine rings is 1. The fourth-order valence-electron chi connectivity index (χ4n) is 6.78. The molecule has 0 bridgehead atoms. The van der Waals surface area contributed by atoms with Crippen LogP contribution in [0.4, 0.5) is 11.5 Å². The molecule has 1 saturated heterocycles. The van der Waals surface area contributed by atoms with Crippen LogP contribution in [0.25, 0.3) is 11.1 Å². The standard InChI is InChI=1S/C33H42N8O4/c1-33(2)16-21-14-27-32(44)41(10-9-40(27)28(21)17-33)30-25(20-42)24(5-6-36-30)22-13-26(31(43)38(3)18-22)37-29(34)15-23-19-39(8-7-35-23)11-12-45-4/h5-6,13-15,18,35,42H,7-12,16-17,19-20H2,1-4H3,(H2,34,37). The second kappa shape index (κ2) is 12.3. The van der Waals surface area contributed by atoms with Gasteiger partial charge in [0.15, 0.2) is 0 Å². The maximum atomic E-state index is 13.8. The smallest absolute Gasteiger partial charge is 0.276 e. The Hall–Kier alpha value is -4.26. The van der Waals surface area contributed by atoms with Gasteiger partial charge in [0.2, 0.25) is 0 Å². The number of pyridine rings is 2. The van der Waals surface area contributed by atoms with Crippen molar-refractivity contribution in [3.63, 3.8) is 0 Å². The number of methoxy groups -OCH3 is 1. The number of rotatable bonds is 8. The number of amidine groups is 1. The van der Waals surface area contributed by atoms with Crippen LogP contribution in [0.5, 0.6) is 0 Å². The van der Waals surface area contributed by atoms with Gasteiger partial charge in [0.1, 0.15) is 23.0 Å². The van der Waals surface area contributed by atoms with Gasteiger partial charge in [-0.1, -0.05) is 13.8 Å². The number of fused-ring (bicyclic) bond motifs is 3. The molecule has 0 atom stereocenters. The summed E-state index contributed by atoms with van der Waals surface area (Å²) in [5, 5.41) is 13.9. The van der Waals surface area contributed by atoms with Crippen LogP contribution in [0, 0.1) is 5.41 Å². The molecular weight excluding hydrogens is 572 g/mol. The van der Waals surface area contributed by atoms with Gasteiger partial charge < -0.3 is 30.0 Å². The van der Waals surface area contributed by atoms with E-state index in [0.717, 1.165) is 38.2 Å². The number of hydrogen-bond donors (Lipinski definition) is 3. The van der Waals surface area contributed by atoms with Crippen molar-refractivity contribution in [2.24, 2.45) is 23.2 Å². The van der Waals surface area contributed by atoms with Gasteiger partial charge in [0.25, 0.3) is 11.5 Å². The van der Waals surface area contributed by atoms with Crippen LogP contribution >= 0.6 is 0 Å². The van der Waals surface area contributed by atoms with E-state index in [1.165, 1.54) is 15.8 Å². The number of nitrogens with zero attached hydrogens (tertiary/aromatic N) is 6. The number of carbonyl (C=O) groups excluding carboxylic acids is 1. The van der Waals surface area contributed by atoms with Crippen LogP contribution in [0.1, 0.15) is 41.2 Å². The Labute approximate surface area is 262 Å². The summed E-state index contributed by atoms with van der Waals surface area (Å²) in [6, 6.07) is 5.47. The third kappa shape index (κ3) is 6.05. The van der Waals surface area contributed by atoms with Crippen LogP contribution in [-0.2, 0) is 37.8 Å². The summed E-state index contributed by atoms with van der Waals surface area (Å²) < 4.78 is 8.80. The molecule has 6 rings (SSSR count). The Kier molecular flexibility index (Phi) is 8.38. The van der Waals surface area contributed by atoms with Gasteiger partial charge in [0, 0.05) is 94.4 Å². The molecule has 0 radical (unpaired) electrons. The number of nitrogens with two attached hydrogens (primary N) is 1. The zero-order valence-corrected chi connectivity index (χ0v) is 26.5. The van der Waals surface area contributed by atoms with Crippen LogP contribution < -0.4 is 21.5 Å². The molecule has 3 aromatic rings. The first-order chi connectivity index (χ1) is 21.6. The van der Waals surface area contributed by atoms with Crippen molar-refractivity contribution in [3.8, 4) is 11.1 Å². The highest BCUT2D eigenvalue weighted by Crippen LogP contribution is 2.40. The van der Waals surface area contributed by atoms with Crippen LogP contribution in [0.3, 0.4) is 0 Å². The maximum Gasteiger partial charge on any atom is 0.276 e. The summed E-state index contributed by atoms with van der Waals surface area (Å²) >= 11 is 0. The van der Waals surface area contributed by atoms with E-state index < -0.39 is 0 Å². The van der Waals surface area contributed by atoms with Gasteiger partial charge in [-0.25, -0.2) is 9.98 Å². The third-order valence-corrected chi connectivity index (χ3v) is 8.90. The van der Waals surface area contributed by atoms with E-state index in [9.17, 15) is 14.7 Å². The Balaban J connectivity index is 1.30. The summed E-state index contributed by atoms with van der Waals surface area (Å²) in [5.74, 6) is 0.490. The molecule has 1 amide bonds. The van der Waals surface area contributed by atoms with Crippen LogP contribution in [-0.4, -0.2) is 82.3 Å². The fraction of sp³-hybridized carbons (Fsp3) is 0.455. The summed E-state index contributed by atoms with van der Waals surface area (Å²) in [4.78, 5) is 39.9. The molecule has 0 aromatic carbocycles. The Morgan fingerprint density at radius 1 is 1.22 bits per heavy atom. The number of anilines is 1. The first kappa shape index (κ1) is 30.8. The number of aromatic nitrogens is 3. The minimum atomic E-state index is -0.338. The molecule has 0 spiro atoms. The Morgan fingerprint density at radius 3 is 2.82 bits per heavy atom. The predicted molar refractivity (Wildman–Crippen MR) is 174 cm³/mol. The van der Waals surface area contributed by atoms with Gasteiger partial charge >= 0.3 is 0 Å². The van der Waals surface area contributed by atoms with Gasteiger partial charge in [-0.3, -0.25) is 19.4 Å². The molecular formula is C33H42N8O4. The average molecular weight is 615 g/mol. The quantitative estimate of drug-likeness (QED) is 0.258. The highest BCUT2D eigenvalue weighted by atomic mass is 16.5. The van der Waals surface area contributed by atoms with Crippen molar-refractivity contribution in [1.82, 2.24) is 24.3 Å². The molecule has 1 fully saturated rings. The van der Waals surface area contributed by atoms with Gasteiger partial charge in [-0.15, -0.1) is 0 Å². The van der Waals surface area contributed by atoms with Crippen molar-refractivity contribution >= 4 is 23.2 Å². The van der Waals surface area contributed by atoms with Crippen molar-refractivity contribution in [2.45, 2.75) is 39.8 Å². The number of aryl methyl sites for hydroxylation is 1. The minimum absolute atomic E-state index is 0.128. The first-order valence-electron chi connectivity index (χ1n) is 15.4. The largest absolute Gasteiger partial charge is 0.392 e. The molecule has 0 unspecified atom stereocenters. The summed E-state index contributed by atoms with van der Waals surface area (Å²) in [6.07, 6.45) is 6.98. The molecule has 238 valence electrons. The lowest BCUT2D eigenvalue weighted by Gasteiger charge is -2.31. The summed E-state index contributed by atoms with van der Waals surface area (Å²) in [5.41, 5.74) is 12.3. The van der Waals surface area contributed by atoms with E-state index in [1.54, 1.807) is 49.7 Å². The molecule has 12 nitrogen and oxygen atoms in total. The third-order valence-electron chi connectivity index (χ3n) is 8.90. The van der Waals surface area contributed by atoms with E-state index in [0.29, 0.717) is 54.4 Å². The molecule has 1 aliphatic carbocycles. The normalized spacial score (nSPS) is 19.1. The van der Waals surface area contributed by atoms with Crippen LogP contribution in [0.2, 0.25) is 0 Å². The zero-order chi connectivity index (χ0) is 31.9. The molecule has 5 heterocycles. The van der Waals surface area contributed by atoms with Crippen molar-refractivity contribution in [2.75, 3.05) is 51.3 Å². The molecule has 45 heavy (non-hydrogen) atoms. The summed E-state index contributed by atoms with van der Waals surface area (Å²) in [7, 11) is 3.34. The minimum Gasteiger partial charge on any atom is -0.392 e. The molecule has 3 aliphatic rings. The van der Waals surface area contributed by atoms with E-state index in [-0.39, 0.29) is 35.0 Å². The predicted octanol–water partition coefficient (Wildman–Crippen LogP) is 1.95. The summed E-state index contributed by atoms with van der Waals surface area (Å²) in [6.45, 7) is 9.10. The number of ether oxygens (including phenoxy) is 1. The van der Waals surface area contributed by atoms with E-state index in [2.05, 4.69) is 38.6 Å². The average Bonchev–Trinajstić information content (AvgIpc) is 3.50. The maximum absolute atomic E-state index is 13.8. The molecule has 3 aromatic heterocycles. The number of aliphatic imine (C=N–C) groups is 1. The number of carbonyl (C=O) groups is 1. The highest BCUT2D eigenvalue weighted by molar-refractivity contribution is 6.06. The fourth-order valence-corrected chi connectivity index (χ4v) is 6.78. The number of amides is 1. The Bertz CT molecular complexity index is 1750. The van der Waals surface area contributed by atoms with Crippen molar-refractivity contribution < 1.29 is 14.6 Å². The van der Waals surface area contributed by atoms with Crippen molar-refractivity contribution in [1.29, 1.82) is 0 Å². The molecule has 12 heteroatoms. The Morgan fingerprint density at radius 2 is 2.04 bits per heavy atom. The molecule has 2 aliphatic heterocycles. The van der Waals surface area contributed by atoms with Crippen LogP contribution in [0.15, 0.2) is 52.2 Å². The second-order valence-electron chi connectivity index (χ2n) is 12.9. The SMILES string of the molecule is COCCN1CCNC(=CC(N)=Nc2cc(-c3ccnc(N4CCn5c(cc6c5CC(C)(C)C6)C4=O)c3CO)cn(C)c2=O)C1. The highest BCUT2D eigenvalue weighted by Gasteiger charge is 2.37. The lowest BCUT2D eigenvalue weighted by molar-refractivity contribution is 0.0962. The van der Waals surface area contributed by atoms with Gasteiger partial charge in [-0.2, -0.15) is 0 Å². The van der Waals surface area contributed by atoms with Gasteiger partial charge in [-0.05, 0) is 47.6 Å². The lowest BCUT2D eigenvalue weighted by atomic mass is 9.90. The molecule has 0 saturated carbocycles. The van der Waals surface area contributed by atoms with E-state index in [4.69, 9.17) is 10.5 Å². The molecule has 4 N–H and O–H groups in total. The van der Waals surface area contributed by atoms with E-state index >= 15 is 0 Å². The van der Waals surface area contributed by atoms with E-state index in [1.807, 2.05) is 6.07 Å².